The highest BCUT2D eigenvalue weighted by Gasteiger charge is 2.34. The lowest BCUT2D eigenvalue weighted by molar-refractivity contribution is 0.304. The molecule has 2 heterocycles. The van der Waals surface area contributed by atoms with Gasteiger partial charge < -0.3 is 4.74 Å². The summed E-state index contributed by atoms with van der Waals surface area (Å²) in [6.07, 6.45) is 12.9. The number of aromatic amines is 1. The molecule has 2 aromatic heterocycles. The highest BCUT2D eigenvalue weighted by Crippen LogP contribution is 2.28. The summed E-state index contributed by atoms with van der Waals surface area (Å²) in [5.74, 6) is 1.19. The van der Waals surface area contributed by atoms with E-state index in [0.717, 1.165) is 17.9 Å². The van der Waals surface area contributed by atoms with Gasteiger partial charge in [0, 0.05) is 28.3 Å². The number of hydrogen-bond donors (Lipinski definition) is 2. The van der Waals surface area contributed by atoms with Crippen LogP contribution in [0.3, 0.4) is 0 Å². The molecule has 8 nitrogen and oxygen atoms in total. The number of aromatic nitrogens is 4. The number of sulfonamides is 1. The average molecular weight is 560 g/mol. The standard InChI is InChI=1S/C30H49N5O3S/c1-7-8-9-10-11-12-13-14-15-16-21-38-25-19-17-24(18-20-25)34-39(36,37)23-30(5,6)28-32-31-27-22-26(29(2,3)4)33-35(27)28/h17-20,22,33-34H,7-16,21,23H2,1-6H3. The minimum absolute atomic E-state index is 0.0845. The van der Waals surface area contributed by atoms with Gasteiger partial charge in [0.25, 0.3) is 0 Å². The van der Waals surface area contributed by atoms with Crippen molar-refractivity contribution in [3.8, 4) is 5.75 Å². The van der Waals surface area contributed by atoms with Gasteiger partial charge in [-0.05, 0) is 30.7 Å². The first-order chi connectivity index (χ1) is 18.4. The summed E-state index contributed by atoms with van der Waals surface area (Å²) in [5, 5.41) is 11.9. The number of hydrogen-bond acceptors (Lipinski definition) is 5. The molecule has 0 saturated heterocycles. The van der Waals surface area contributed by atoms with Crippen LogP contribution in [0.15, 0.2) is 30.3 Å². The average Bonchev–Trinajstić information content (AvgIpc) is 3.44. The van der Waals surface area contributed by atoms with Crippen LogP contribution in [-0.4, -0.2) is 40.6 Å². The van der Waals surface area contributed by atoms with Crippen molar-refractivity contribution >= 4 is 21.4 Å². The van der Waals surface area contributed by atoms with Gasteiger partial charge in [0.15, 0.2) is 11.5 Å². The van der Waals surface area contributed by atoms with Crippen molar-refractivity contribution < 1.29 is 13.2 Å². The highest BCUT2D eigenvalue weighted by molar-refractivity contribution is 7.92. The third-order valence-electron chi connectivity index (χ3n) is 7.05. The van der Waals surface area contributed by atoms with Crippen molar-refractivity contribution in [3.05, 3.63) is 41.9 Å². The summed E-state index contributed by atoms with van der Waals surface area (Å²) in [4.78, 5) is 0. The fraction of sp³-hybridized carbons (Fsp3) is 0.667. The Labute approximate surface area is 235 Å². The third kappa shape index (κ3) is 9.55. The Morgan fingerprint density at radius 1 is 0.872 bits per heavy atom. The maximum Gasteiger partial charge on any atom is 0.233 e. The van der Waals surface area contributed by atoms with E-state index in [1.165, 1.54) is 57.8 Å². The van der Waals surface area contributed by atoms with Crippen LogP contribution in [0.5, 0.6) is 5.75 Å². The fourth-order valence-corrected chi connectivity index (χ4v) is 6.40. The Kier molecular flexibility index (Phi) is 10.9. The van der Waals surface area contributed by atoms with Crippen LogP contribution >= 0.6 is 0 Å². The number of anilines is 1. The van der Waals surface area contributed by atoms with Crippen LogP contribution < -0.4 is 9.46 Å². The summed E-state index contributed by atoms with van der Waals surface area (Å²) in [5.41, 5.74) is 1.35. The zero-order valence-corrected chi connectivity index (χ0v) is 25.7. The van der Waals surface area contributed by atoms with Gasteiger partial charge in [0.05, 0.1) is 12.4 Å². The van der Waals surface area contributed by atoms with Gasteiger partial charge in [-0.1, -0.05) is 99.3 Å². The number of fused-ring (bicyclic) bond motifs is 1. The molecule has 0 atom stereocenters. The van der Waals surface area contributed by atoms with Gasteiger partial charge in [-0.15, -0.1) is 10.2 Å². The Morgan fingerprint density at radius 2 is 1.46 bits per heavy atom. The number of benzene rings is 1. The van der Waals surface area contributed by atoms with Crippen molar-refractivity contribution in [2.75, 3.05) is 17.1 Å². The van der Waals surface area contributed by atoms with Crippen molar-refractivity contribution in [2.45, 2.75) is 117 Å². The predicted octanol–water partition coefficient (Wildman–Crippen LogP) is 7.37. The van der Waals surface area contributed by atoms with E-state index >= 15 is 0 Å². The van der Waals surface area contributed by atoms with E-state index in [1.807, 2.05) is 32.0 Å². The molecule has 0 spiro atoms. The van der Waals surface area contributed by atoms with Crippen molar-refractivity contribution in [1.29, 1.82) is 0 Å². The lowest BCUT2D eigenvalue weighted by Crippen LogP contribution is -2.34. The predicted molar refractivity (Wildman–Crippen MR) is 160 cm³/mol. The van der Waals surface area contributed by atoms with E-state index in [9.17, 15) is 8.42 Å². The molecule has 0 saturated carbocycles. The zero-order chi connectivity index (χ0) is 28.5. The number of rotatable bonds is 17. The molecule has 0 radical (unpaired) electrons. The van der Waals surface area contributed by atoms with Crippen LogP contribution in [-0.2, 0) is 20.9 Å². The number of nitrogens with zero attached hydrogens (tertiary/aromatic N) is 3. The second-order valence-electron chi connectivity index (χ2n) is 12.4. The maximum atomic E-state index is 13.1. The van der Waals surface area contributed by atoms with Gasteiger partial charge in [-0.3, -0.25) is 9.82 Å². The van der Waals surface area contributed by atoms with Crippen LogP contribution in [0.4, 0.5) is 5.69 Å². The number of nitrogens with one attached hydrogen (secondary N) is 2. The van der Waals surface area contributed by atoms with Crippen molar-refractivity contribution in [1.82, 2.24) is 19.8 Å². The lowest BCUT2D eigenvalue weighted by atomic mass is 9.93. The summed E-state index contributed by atoms with van der Waals surface area (Å²) in [6.45, 7) is 13.0. The van der Waals surface area contributed by atoms with Crippen LogP contribution in [0.2, 0.25) is 0 Å². The molecule has 1 aromatic carbocycles. The van der Waals surface area contributed by atoms with Crippen LogP contribution in [0.1, 0.15) is 117 Å². The molecule has 9 heteroatoms. The molecule has 39 heavy (non-hydrogen) atoms. The number of ether oxygens (including phenoxy) is 1. The molecule has 0 fully saturated rings. The Balaban J connectivity index is 1.44. The molecule has 0 aliphatic carbocycles. The SMILES string of the molecule is CCCCCCCCCCCCOc1ccc(NS(=O)(=O)CC(C)(C)c2nnc3cc(C(C)(C)C)[nH]n23)cc1. The molecule has 0 unspecified atom stereocenters. The minimum atomic E-state index is -3.65. The largest absolute Gasteiger partial charge is 0.494 e. The molecular formula is C30H49N5O3S. The van der Waals surface area contributed by atoms with Gasteiger partial charge in [0.2, 0.25) is 10.0 Å². The Hall–Kier alpha value is -2.55. The molecule has 0 bridgehead atoms. The molecular weight excluding hydrogens is 510 g/mol. The van der Waals surface area contributed by atoms with E-state index < -0.39 is 15.4 Å². The topological polar surface area (TPSA) is 101 Å². The summed E-state index contributed by atoms with van der Waals surface area (Å²) >= 11 is 0. The number of H-pyrrole nitrogens is 1. The van der Waals surface area contributed by atoms with E-state index in [0.29, 0.717) is 23.8 Å². The van der Waals surface area contributed by atoms with Gasteiger partial charge >= 0.3 is 0 Å². The Morgan fingerprint density at radius 3 is 2.05 bits per heavy atom. The molecule has 3 rings (SSSR count). The van der Waals surface area contributed by atoms with E-state index in [-0.39, 0.29) is 11.2 Å². The van der Waals surface area contributed by atoms with Gasteiger partial charge in [0.1, 0.15) is 5.75 Å². The molecule has 2 N–H and O–H groups in total. The molecule has 3 aromatic rings. The highest BCUT2D eigenvalue weighted by atomic mass is 32.2. The van der Waals surface area contributed by atoms with E-state index in [2.05, 4.69) is 47.7 Å². The van der Waals surface area contributed by atoms with Gasteiger partial charge in [-0.2, -0.15) is 0 Å². The first-order valence-electron chi connectivity index (χ1n) is 14.6. The van der Waals surface area contributed by atoms with Gasteiger partial charge in [-0.25, -0.2) is 12.9 Å². The number of unbranched alkanes of at least 4 members (excludes halogenated alkanes) is 9. The van der Waals surface area contributed by atoms with E-state index in [4.69, 9.17) is 4.74 Å². The first kappa shape index (κ1) is 31.0. The second-order valence-corrected chi connectivity index (χ2v) is 14.2. The quantitative estimate of drug-likeness (QED) is 0.168. The molecule has 218 valence electrons. The first-order valence-corrected chi connectivity index (χ1v) is 16.2. The maximum absolute atomic E-state index is 13.1. The molecule has 0 amide bonds. The third-order valence-corrected chi connectivity index (χ3v) is 8.70. The van der Waals surface area contributed by atoms with E-state index in [1.54, 1.807) is 16.6 Å². The summed E-state index contributed by atoms with van der Waals surface area (Å²) in [6, 6.07) is 9.07. The second kappa shape index (κ2) is 13.7. The summed E-state index contributed by atoms with van der Waals surface area (Å²) in [7, 11) is -3.65. The minimum Gasteiger partial charge on any atom is -0.494 e. The smallest absolute Gasteiger partial charge is 0.233 e. The van der Waals surface area contributed by atoms with Crippen molar-refractivity contribution in [2.24, 2.45) is 0 Å². The molecule has 0 aliphatic heterocycles. The van der Waals surface area contributed by atoms with Crippen LogP contribution in [0.25, 0.3) is 5.65 Å². The normalized spacial score (nSPS) is 12.8. The van der Waals surface area contributed by atoms with Crippen LogP contribution in [0, 0.1) is 0 Å². The monoisotopic (exact) mass is 559 g/mol. The summed E-state index contributed by atoms with van der Waals surface area (Å²) < 4.78 is 36.5. The van der Waals surface area contributed by atoms with Crippen molar-refractivity contribution in [3.63, 3.8) is 0 Å². The lowest BCUT2D eigenvalue weighted by Gasteiger charge is -2.23. The fourth-order valence-electron chi connectivity index (χ4n) is 4.76. The Bertz CT molecular complexity index is 1250. The molecule has 0 aliphatic rings. The zero-order valence-electron chi connectivity index (χ0n) is 24.8.